The Kier molecular flexibility index (Phi) is 45.5. The van der Waals surface area contributed by atoms with Crippen LogP contribution in [0.4, 0.5) is 0 Å². The third kappa shape index (κ3) is 41.3. The number of hydrogen-bond donors (Lipinski definition) is 3. The molecule has 344 valence electrons. The van der Waals surface area contributed by atoms with Gasteiger partial charge in [0.1, 0.15) is 6.10 Å². The van der Waals surface area contributed by atoms with Crippen molar-refractivity contribution in [2.45, 2.75) is 302 Å². The fraction of sp³-hybridized carbons (Fsp3) is 0.923. The Hall–Kier alpha value is -1.40. The molecule has 58 heavy (non-hydrogen) atoms. The van der Waals surface area contributed by atoms with Gasteiger partial charge in [-0.1, -0.05) is 232 Å². The molecule has 0 saturated carbocycles. The number of esters is 1. The molecule has 0 saturated heterocycles. The number of carbonyl (C=O) groups excluding carboxylic acids is 2. The number of amides is 1. The first-order valence-corrected chi connectivity index (χ1v) is 25.9. The van der Waals surface area contributed by atoms with Crippen LogP contribution in [0.15, 0.2) is 12.2 Å². The van der Waals surface area contributed by atoms with E-state index in [0.29, 0.717) is 19.3 Å². The minimum atomic E-state index is -0.783. The van der Waals surface area contributed by atoms with Gasteiger partial charge in [0, 0.05) is 6.42 Å². The van der Waals surface area contributed by atoms with E-state index in [1.54, 1.807) is 0 Å². The highest BCUT2D eigenvalue weighted by atomic mass is 16.5. The minimum absolute atomic E-state index is 0.0783. The van der Waals surface area contributed by atoms with Crippen molar-refractivity contribution in [3.8, 4) is 0 Å². The Morgan fingerprint density at radius 2 is 0.828 bits per heavy atom. The number of nitrogens with one attached hydrogen (secondary N) is 1. The van der Waals surface area contributed by atoms with Crippen LogP contribution >= 0.6 is 0 Å². The van der Waals surface area contributed by atoms with Crippen LogP contribution in [-0.2, 0) is 14.3 Å². The summed E-state index contributed by atoms with van der Waals surface area (Å²) in [6.45, 7) is 6.49. The summed E-state index contributed by atoms with van der Waals surface area (Å²) in [7, 11) is 0. The monoisotopic (exact) mass is 820 g/mol. The summed E-state index contributed by atoms with van der Waals surface area (Å²) in [6, 6.07) is -0.697. The quantitative estimate of drug-likeness (QED) is 0.0323. The molecule has 3 N–H and O–H groups in total. The molecule has 0 bridgehead atoms. The zero-order valence-corrected chi connectivity index (χ0v) is 39.2. The molecule has 0 aliphatic rings. The molecule has 0 aromatic heterocycles. The molecule has 6 nitrogen and oxygen atoms in total. The van der Waals surface area contributed by atoms with Gasteiger partial charge in [-0.15, -0.1) is 0 Å². The van der Waals surface area contributed by atoms with Gasteiger partial charge in [-0.25, -0.2) is 0 Å². The predicted molar refractivity (Wildman–Crippen MR) is 250 cm³/mol. The van der Waals surface area contributed by atoms with Gasteiger partial charge in [0.05, 0.1) is 25.2 Å². The number of rotatable bonds is 47. The van der Waals surface area contributed by atoms with E-state index in [-0.39, 0.29) is 24.9 Å². The molecule has 0 spiro atoms. The van der Waals surface area contributed by atoms with Gasteiger partial charge in [0.2, 0.25) is 5.91 Å². The number of hydrogen-bond acceptors (Lipinski definition) is 5. The number of unbranched alkanes of at least 4 members (excludes halogenated alkanes) is 33. The molecule has 3 unspecified atom stereocenters. The maximum atomic E-state index is 13.2. The van der Waals surface area contributed by atoms with Crippen molar-refractivity contribution in [1.82, 2.24) is 5.32 Å². The summed E-state index contributed by atoms with van der Waals surface area (Å²) in [6.07, 6.45) is 51.3. The van der Waals surface area contributed by atoms with Gasteiger partial charge in [-0.2, -0.15) is 0 Å². The van der Waals surface area contributed by atoms with E-state index in [0.717, 1.165) is 51.4 Å². The Labute approximate surface area is 361 Å². The van der Waals surface area contributed by atoms with Gasteiger partial charge in [-0.3, -0.25) is 9.59 Å². The fourth-order valence-corrected chi connectivity index (χ4v) is 8.13. The average molecular weight is 820 g/mol. The van der Waals surface area contributed by atoms with E-state index in [1.165, 1.54) is 186 Å². The van der Waals surface area contributed by atoms with Crippen LogP contribution < -0.4 is 5.32 Å². The maximum absolute atomic E-state index is 13.2. The second kappa shape index (κ2) is 46.7. The van der Waals surface area contributed by atoms with E-state index in [1.807, 2.05) is 0 Å². The number of aliphatic hydroxyl groups excluding tert-OH is 2. The first-order chi connectivity index (χ1) is 28.5. The van der Waals surface area contributed by atoms with Crippen molar-refractivity contribution in [3.05, 3.63) is 12.2 Å². The zero-order chi connectivity index (χ0) is 42.4. The summed E-state index contributed by atoms with van der Waals surface area (Å²) < 4.78 is 5.91. The Balaban J connectivity index is 4.47. The summed E-state index contributed by atoms with van der Waals surface area (Å²) >= 11 is 0. The van der Waals surface area contributed by atoms with Crippen molar-refractivity contribution >= 4 is 11.9 Å². The molecule has 0 rings (SSSR count). The lowest BCUT2D eigenvalue weighted by Crippen LogP contribution is -2.46. The highest BCUT2D eigenvalue weighted by Crippen LogP contribution is 2.18. The average Bonchev–Trinajstić information content (AvgIpc) is 3.22. The number of allylic oxidation sites excluding steroid dienone is 2. The van der Waals surface area contributed by atoms with Gasteiger partial charge >= 0.3 is 5.97 Å². The Morgan fingerprint density at radius 1 is 0.483 bits per heavy atom. The van der Waals surface area contributed by atoms with Crippen LogP contribution in [0.3, 0.4) is 0 Å². The normalized spacial score (nSPS) is 13.3. The van der Waals surface area contributed by atoms with Gasteiger partial charge < -0.3 is 20.3 Å². The van der Waals surface area contributed by atoms with Gasteiger partial charge in [0.25, 0.3) is 0 Å². The van der Waals surface area contributed by atoms with Gasteiger partial charge in [0.15, 0.2) is 0 Å². The molecule has 3 atom stereocenters. The van der Waals surface area contributed by atoms with Crippen LogP contribution in [0.5, 0.6) is 0 Å². The lowest BCUT2D eigenvalue weighted by molar-refractivity contribution is -0.151. The molecule has 1 amide bonds. The molecule has 0 aromatic rings. The van der Waals surface area contributed by atoms with Crippen molar-refractivity contribution in [1.29, 1.82) is 0 Å². The van der Waals surface area contributed by atoms with Crippen molar-refractivity contribution in [2.75, 3.05) is 6.61 Å². The van der Waals surface area contributed by atoms with Crippen molar-refractivity contribution in [2.24, 2.45) is 0 Å². The molecule has 6 heteroatoms. The third-order valence-corrected chi connectivity index (χ3v) is 12.1. The van der Waals surface area contributed by atoms with Crippen LogP contribution in [0, 0.1) is 0 Å². The first-order valence-electron chi connectivity index (χ1n) is 25.9. The number of carbonyl (C=O) groups is 2. The number of aliphatic hydroxyl groups is 2. The van der Waals surface area contributed by atoms with E-state index >= 15 is 0 Å². The fourth-order valence-electron chi connectivity index (χ4n) is 8.13. The molecule has 0 aliphatic heterocycles. The summed E-state index contributed by atoms with van der Waals surface area (Å²) in [4.78, 5) is 26.1. The van der Waals surface area contributed by atoms with E-state index < -0.39 is 18.2 Å². The predicted octanol–water partition coefficient (Wildman–Crippen LogP) is 15.3. The molecule has 0 aliphatic carbocycles. The summed E-state index contributed by atoms with van der Waals surface area (Å²) in [5.41, 5.74) is 0. The van der Waals surface area contributed by atoms with Crippen LogP contribution in [0.1, 0.15) is 284 Å². The van der Waals surface area contributed by atoms with Crippen molar-refractivity contribution < 1.29 is 24.5 Å². The topological polar surface area (TPSA) is 95.9 Å². The van der Waals surface area contributed by atoms with Crippen LogP contribution in [0.2, 0.25) is 0 Å². The van der Waals surface area contributed by atoms with Gasteiger partial charge in [-0.05, 0) is 51.4 Å². The van der Waals surface area contributed by atoms with E-state index in [2.05, 4.69) is 38.2 Å². The summed E-state index contributed by atoms with van der Waals surface area (Å²) in [5.74, 6) is -0.478. The Bertz CT molecular complexity index is 878. The lowest BCUT2D eigenvalue weighted by atomic mass is 10.0. The second-order valence-corrected chi connectivity index (χ2v) is 17.9. The smallest absolute Gasteiger partial charge is 0.306 e. The first kappa shape index (κ1) is 56.6. The minimum Gasteiger partial charge on any atom is -0.462 e. The largest absolute Gasteiger partial charge is 0.462 e. The van der Waals surface area contributed by atoms with E-state index in [4.69, 9.17) is 4.74 Å². The standard InChI is InChI=1S/C52H101NO5/c1-4-7-10-13-16-19-22-24-26-27-29-32-35-38-41-44-50(55)49(47-54)53-51(56)46-48(43-40-37-34-31-21-18-15-12-9-6-3)58-52(57)45-42-39-36-33-30-28-25-23-20-17-14-11-8-5-2/h28,30,48-50,54-55H,4-27,29,31-47H2,1-3H3,(H,53,56)/b30-28-. The second-order valence-electron chi connectivity index (χ2n) is 17.9. The highest BCUT2D eigenvalue weighted by Gasteiger charge is 2.24. The lowest BCUT2D eigenvalue weighted by Gasteiger charge is -2.24. The molecule has 0 fully saturated rings. The highest BCUT2D eigenvalue weighted by molar-refractivity contribution is 5.77. The molecule has 0 radical (unpaired) electrons. The van der Waals surface area contributed by atoms with Crippen LogP contribution in [-0.4, -0.2) is 46.9 Å². The molecular weight excluding hydrogens is 719 g/mol. The van der Waals surface area contributed by atoms with Crippen molar-refractivity contribution in [3.63, 3.8) is 0 Å². The van der Waals surface area contributed by atoms with Crippen LogP contribution in [0.25, 0.3) is 0 Å². The molecule has 0 aromatic carbocycles. The Morgan fingerprint density at radius 3 is 1.22 bits per heavy atom. The number of ether oxygens (including phenoxy) is 1. The molecular formula is C52H101NO5. The molecule has 0 heterocycles. The van der Waals surface area contributed by atoms with E-state index in [9.17, 15) is 19.8 Å². The SMILES string of the molecule is CCCCCCCCC/C=C\CCCCCC(=O)OC(CCCCCCCCCCCC)CC(=O)NC(CO)C(O)CCCCCCCCCCCCCCCCC. The third-order valence-electron chi connectivity index (χ3n) is 12.1. The summed E-state index contributed by atoms with van der Waals surface area (Å²) in [5, 5.41) is 23.8. The maximum Gasteiger partial charge on any atom is 0.306 e. The zero-order valence-electron chi connectivity index (χ0n) is 39.2.